The molecule has 1 N–H and O–H groups in total. The number of ether oxygens (including phenoxy) is 1. The highest BCUT2D eigenvalue weighted by atomic mass is 16.5. The molecule has 1 unspecified atom stereocenters. The van der Waals surface area contributed by atoms with Gasteiger partial charge in [0.15, 0.2) is 0 Å². The summed E-state index contributed by atoms with van der Waals surface area (Å²) >= 11 is 0. The van der Waals surface area contributed by atoms with Crippen molar-refractivity contribution in [2.45, 2.75) is 25.4 Å². The highest BCUT2D eigenvalue weighted by molar-refractivity contribution is 5.05. The number of aliphatic hydroxyl groups is 1. The van der Waals surface area contributed by atoms with Gasteiger partial charge in [0, 0.05) is 18.7 Å². The van der Waals surface area contributed by atoms with Gasteiger partial charge in [0.25, 0.3) is 0 Å². The van der Waals surface area contributed by atoms with Crippen molar-refractivity contribution in [2.24, 2.45) is 0 Å². The predicted octanol–water partition coefficient (Wildman–Crippen LogP) is 0.863. The number of hydrogen-bond acceptors (Lipinski definition) is 4. The number of rotatable bonds is 2. The maximum Gasteiger partial charge on any atom is 0.134 e. The molecule has 0 aliphatic carbocycles. The van der Waals surface area contributed by atoms with Gasteiger partial charge in [-0.15, -0.1) is 0 Å². The maximum absolute atomic E-state index is 8.94. The summed E-state index contributed by atoms with van der Waals surface area (Å²) in [6.07, 6.45) is 3.84. The largest absolute Gasteiger partial charge is 0.390 e. The lowest BCUT2D eigenvalue weighted by Gasteiger charge is -2.20. The van der Waals surface area contributed by atoms with Crippen LogP contribution in [-0.4, -0.2) is 28.3 Å². The zero-order chi connectivity index (χ0) is 9.80. The van der Waals surface area contributed by atoms with Crippen molar-refractivity contribution in [3.63, 3.8) is 0 Å². The van der Waals surface area contributed by atoms with Crippen molar-refractivity contribution in [3.8, 4) is 0 Å². The van der Waals surface area contributed by atoms with Crippen LogP contribution in [-0.2, 0) is 11.3 Å². The van der Waals surface area contributed by atoms with Crippen LogP contribution in [0.15, 0.2) is 12.3 Å². The van der Waals surface area contributed by atoms with E-state index in [1.165, 1.54) is 0 Å². The molecule has 1 aromatic heterocycles. The van der Waals surface area contributed by atoms with Gasteiger partial charge in [-0.25, -0.2) is 9.97 Å². The zero-order valence-corrected chi connectivity index (χ0v) is 8.02. The minimum absolute atomic E-state index is 0.0247. The van der Waals surface area contributed by atoms with Crippen LogP contribution in [0.25, 0.3) is 0 Å². The average Bonchev–Trinajstić information content (AvgIpc) is 2.30. The molecule has 0 radical (unpaired) electrons. The highest BCUT2D eigenvalue weighted by Gasteiger charge is 2.18. The molecular weight excluding hydrogens is 180 g/mol. The van der Waals surface area contributed by atoms with Crippen molar-refractivity contribution >= 4 is 0 Å². The molecule has 76 valence electrons. The van der Waals surface area contributed by atoms with E-state index in [4.69, 9.17) is 9.84 Å². The van der Waals surface area contributed by atoms with Crippen molar-refractivity contribution in [3.05, 3.63) is 23.8 Å². The lowest BCUT2D eigenvalue weighted by atomic mass is 10.0. The molecule has 2 rings (SSSR count). The molecule has 2 heterocycles. The summed E-state index contributed by atoms with van der Waals surface area (Å²) in [6.45, 7) is 1.52. The first kappa shape index (κ1) is 9.55. The Morgan fingerprint density at radius 2 is 2.50 bits per heavy atom. The quantitative estimate of drug-likeness (QED) is 0.758. The summed E-state index contributed by atoms with van der Waals surface area (Å²) in [5.41, 5.74) is 0.681. The summed E-state index contributed by atoms with van der Waals surface area (Å²) in [6, 6.07) is 1.73. The van der Waals surface area contributed by atoms with Gasteiger partial charge in [-0.3, -0.25) is 0 Å². The van der Waals surface area contributed by atoms with Gasteiger partial charge < -0.3 is 9.84 Å². The lowest BCUT2D eigenvalue weighted by Crippen LogP contribution is -2.18. The molecule has 0 bridgehead atoms. The van der Waals surface area contributed by atoms with Crippen LogP contribution in [0.3, 0.4) is 0 Å². The first-order chi connectivity index (χ1) is 6.90. The molecule has 0 aromatic carbocycles. The Balaban J connectivity index is 2.13. The Hall–Kier alpha value is -1.00. The molecule has 1 aliphatic heterocycles. The second kappa shape index (κ2) is 4.48. The number of hydrogen-bond donors (Lipinski definition) is 1. The van der Waals surface area contributed by atoms with Gasteiger partial charge in [0.1, 0.15) is 5.82 Å². The smallest absolute Gasteiger partial charge is 0.134 e. The van der Waals surface area contributed by atoms with Crippen LogP contribution in [0.2, 0.25) is 0 Å². The van der Waals surface area contributed by atoms with Crippen LogP contribution < -0.4 is 0 Å². The molecule has 1 saturated heterocycles. The Labute approximate surface area is 83.0 Å². The second-order valence-corrected chi connectivity index (χ2v) is 3.48. The number of nitrogens with zero attached hydrogens (tertiary/aromatic N) is 2. The second-order valence-electron chi connectivity index (χ2n) is 3.48. The van der Waals surface area contributed by atoms with Crippen LogP contribution in [0.5, 0.6) is 0 Å². The molecule has 1 aromatic rings. The van der Waals surface area contributed by atoms with Crippen LogP contribution in [0.4, 0.5) is 0 Å². The van der Waals surface area contributed by atoms with E-state index in [1.54, 1.807) is 12.3 Å². The van der Waals surface area contributed by atoms with Crippen molar-refractivity contribution in [1.29, 1.82) is 0 Å². The normalized spacial score (nSPS) is 22.2. The highest BCUT2D eigenvalue weighted by Crippen LogP contribution is 2.22. The number of aliphatic hydroxyl groups excluding tert-OH is 1. The molecule has 14 heavy (non-hydrogen) atoms. The third-order valence-corrected chi connectivity index (χ3v) is 2.42. The van der Waals surface area contributed by atoms with Crippen LogP contribution in [0.1, 0.15) is 30.3 Å². The van der Waals surface area contributed by atoms with Gasteiger partial charge in [0.2, 0.25) is 0 Å². The molecule has 0 amide bonds. The fraction of sp³-hybridized carbons (Fsp3) is 0.600. The fourth-order valence-electron chi connectivity index (χ4n) is 1.64. The Morgan fingerprint density at radius 1 is 1.57 bits per heavy atom. The summed E-state index contributed by atoms with van der Waals surface area (Å²) in [7, 11) is 0. The standard InChI is InChI=1S/C10H14N2O2/c13-6-9-3-4-11-10(12-9)8-2-1-5-14-7-8/h3-4,8,13H,1-2,5-7H2. The summed E-state index contributed by atoms with van der Waals surface area (Å²) in [4.78, 5) is 8.48. The molecule has 0 spiro atoms. The van der Waals surface area contributed by atoms with E-state index in [0.717, 1.165) is 25.3 Å². The van der Waals surface area contributed by atoms with E-state index in [-0.39, 0.29) is 6.61 Å². The number of aromatic nitrogens is 2. The third-order valence-electron chi connectivity index (χ3n) is 2.42. The van der Waals surface area contributed by atoms with E-state index in [1.807, 2.05) is 0 Å². The Kier molecular flexibility index (Phi) is 3.06. The minimum atomic E-state index is -0.0247. The summed E-state index contributed by atoms with van der Waals surface area (Å²) in [5.74, 6) is 1.10. The molecule has 4 nitrogen and oxygen atoms in total. The van der Waals surface area contributed by atoms with Gasteiger partial charge in [-0.05, 0) is 18.9 Å². The fourth-order valence-corrected chi connectivity index (χ4v) is 1.64. The Bertz CT molecular complexity index is 298. The first-order valence-electron chi connectivity index (χ1n) is 4.90. The average molecular weight is 194 g/mol. The third kappa shape index (κ3) is 2.08. The van der Waals surface area contributed by atoms with Crippen molar-refractivity contribution in [1.82, 2.24) is 9.97 Å². The van der Waals surface area contributed by atoms with Gasteiger partial charge in [-0.2, -0.15) is 0 Å². The first-order valence-corrected chi connectivity index (χ1v) is 4.90. The molecule has 0 saturated carbocycles. The van der Waals surface area contributed by atoms with Crippen molar-refractivity contribution in [2.75, 3.05) is 13.2 Å². The maximum atomic E-state index is 8.94. The molecule has 4 heteroatoms. The van der Waals surface area contributed by atoms with Crippen LogP contribution in [0, 0.1) is 0 Å². The topological polar surface area (TPSA) is 55.2 Å². The molecule has 1 aliphatic rings. The SMILES string of the molecule is OCc1ccnc(C2CCCOC2)n1. The molecule has 1 fully saturated rings. The van der Waals surface area contributed by atoms with E-state index in [2.05, 4.69) is 9.97 Å². The lowest BCUT2D eigenvalue weighted by molar-refractivity contribution is 0.0779. The Morgan fingerprint density at radius 3 is 3.21 bits per heavy atom. The zero-order valence-electron chi connectivity index (χ0n) is 8.02. The van der Waals surface area contributed by atoms with Gasteiger partial charge in [-0.1, -0.05) is 0 Å². The minimum Gasteiger partial charge on any atom is -0.390 e. The molecular formula is C10H14N2O2. The van der Waals surface area contributed by atoms with E-state index in [9.17, 15) is 0 Å². The van der Waals surface area contributed by atoms with Gasteiger partial charge >= 0.3 is 0 Å². The van der Waals surface area contributed by atoms with E-state index >= 15 is 0 Å². The monoisotopic (exact) mass is 194 g/mol. The summed E-state index contributed by atoms with van der Waals surface area (Å²) < 4.78 is 5.37. The van der Waals surface area contributed by atoms with E-state index in [0.29, 0.717) is 18.2 Å². The predicted molar refractivity (Wildman–Crippen MR) is 50.7 cm³/mol. The van der Waals surface area contributed by atoms with Crippen LogP contribution >= 0.6 is 0 Å². The molecule has 1 atom stereocenters. The van der Waals surface area contributed by atoms with Crippen molar-refractivity contribution < 1.29 is 9.84 Å². The van der Waals surface area contributed by atoms with Gasteiger partial charge in [0.05, 0.1) is 18.9 Å². The summed E-state index contributed by atoms with van der Waals surface area (Å²) in [5, 5.41) is 8.94. The van der Waals surface area contributed by atoms with E-state index < -0.39 is 0 Å².